The first kappa shape index (κ1) is 83.5. The molecule has 32 atom stereocenters. The number of carbonyl (C=O) groups is 2. The first-order valence-electron chi connectivity index (χ1n) is 34.3. The van der Waals surface area contributed by atoms with E-state index in [2.05, 4.69) is 0 Å². The Balaban J connectivity index is 0.000000408. The number of aliphatic hydroxyl groups excluding tert-OH is 6. The van der Waals surface area contributed by atoms with Gasteiger partial charge in [-0.05, 0) is 176 Å². The molecule has 25 nitrogen and oxygen atoms in total. The van der Waals surface area contributed by atoms with Crippen LogP contribution >= 0.6 is 0 Å². The van der Waals surface area contributed by atoms with Crippen LogP contribution in [0.5, 0.6) is 0 Å². The lowest BCUT2D eigenvalue weighted by atomic mass is 9.77. The number of carbonyl (C=O) groups excluding carboxylic acids is 2. The van der Waals surface area contributed by atoms with Crippen molar-refractivity contribution in [3.8, 4) is 0 Å². The molecule has 93 heavy (non-hydrogen) atoms. The van der Waals surface area contributed by atoms with Crippen molar-refractivity contribution in [2.45, 2.75) is 326 Å². The van der Waals surface area contributed by atoms with E-state index in [0.717, 1.165) is 0 Å². The molecule has 0 bridgehead atoms. The Hall–Kier alpha value is -1.90. The van der Waals surface area contributed by atoms with Gasteiger partial charge in [0, 0.05) is 62.6 Å². The average molecular weight is 1340 g/mol. The van der Waals surface area contributed by atoms with Gasteiger partial charge in [-0.2, -0.15) is 0 Å². The third-order valence-electron chi connectivity index (χ3n) is 21.7. The number of hydrogen-bond donors (Lipinski definition) is 10. The normalized spacial score (nSPS) is 49.1. The molecular formula is C68H130N4O21. The average Bonchev–Trinajstić information content (AvgIpc) is 1.57. The molecule has 0 radical (unpaired) electrons. The van der Waals surface area contributed by atoms with E-state index in [0.29, 0.717) is 25.9 Å². The van der Waals surface area contributed by atoms with E-state index in [1.807, 2.05) is 96.5 Å². The SMILES string of the molecule is CC[C@H]1OC(=O)[C@H](C)[C@@H](O)[C@H](C)[C@@H](O[C@@H]2O[C@H](C)C[C@H](N(C)C)[C@H]2O)[C@](C)(O)C[C@@H](C)CN(C)[C@H](C)[C@@H](O)[C@]1(C)O.CC[C@H]1OC(=O)[C@H](C)[C@@H](O[C@H]2C[C@@](C)(OC)[C@@H](O)[C@H](C)O2)C(C)[C@@H](O[C@@H]2O[C@H](C)C[C@H](N(C)C)[C@H]2O)[C@](C)(O)C[C@@H](C)CN(C)[C@H](C)[C@@H](O)[C@]1(C)O. The van der Waals surface area contributed by atoms with Crippen LogP contribution in [0.3, 0.4) is 0 Å². The molecule has 1 unspecified atom stereocenters. The van der Waals surface area contributed by atoms with Crippen molar-refractivity contribution < 1.29 is 103 Å². The van der Waals surface area contributed by atoms with Gasteiger partial charge in [0.25, 0.3) is 0 Å². The molecule has 0 aliphatic carbocycles. The second-order valence-corrected chi connectivity index (χ2v) is 30.8. The van der Waals surface area contributed by atoms with Crippen LogP contribution in [-0.2, 0) is 52.2 Å². The molecule has 10 N–H and O–H groups in total. The van der Waals surface area contributed by atoms with Gasteiger partial charge < -0.3 is 113 Å². The second-order valence-electron chi connectivity index (χ2n) is 30.8. The second kappa shape index (κ2) is 34.0. The first-order valence-corrected chi connectivity index (χ1v) is 34.3. The van der Waals surface area contributed by atoms with Crippen molar-refractivity contribution in [2.24, 2.45) is 35.5 Å². The lowest BCUT2D eigenvalue weighted by molar-refractivity contribution is -0.318. The van der Waals surface area contributed by atoms with Gasteiger partial charge in [-0.3, -0.25) is 9.59 Å². The van der Waals surface area contributed by atoms with Crippen molar-refractivity contribution in [1.29, 1.82) is 0 Å². The fourth-order valence-corrected chi connectivity index (χ4v) is 15.5. The minimum absolute atomic E-state index is 0.0990. The van der Waals surface area contributed by atoms with Gasteiger partial charge in [0.15, 0.2) is 18.9 Å². The molecule has 0 spiro atoms. The molecule has 0 saturated carbocycles. The fraction of sp³-hybridized carbons (Fsp3) is 0.971. The summed E-state index contributed by atoms with van der Waals surface area (Å²) >= 11 is 0. The highest BCUT2D eigenvalue weighted by Crippen LogP contribution is 2.42. The highest BCUT2D eigenvalue weighted by atomic mass is 16.7. The minimum Gasteiger partial charge on any atom is -0.459 e. The van der Waals surface area contributed by atoms with Crippen LogP contribution in [-0.4, -0.2) is 302 Å². The van der Waals surface area contributed by atoms with Crippen LogP contribution in [0.4, 0.5) is 0 Å². The van der Waals surface area contributed by atoms with Crippen molar-refractivity contribution >= 4 is 11.9 Å². The summed E-state index contributed by atoms with van der Waals surface area (Å²) in [6.07, 6.45) is -13.9. The summed E-state index contributed by atoms with van der Waals surface area (Å²) in [5.41, 5.74) is -7.62. The Kier molecular flexibility index (Phi) is 30.5. The van der Waals surface area contributed by atoms with E-state index in [-0.39, 0.29) is 68.2 Å². The number of rotatable bonds is 11. The van der Waals surface area contributed by atoms with E-state index in [4.69, 9.17) is 42.6 Å². The number of ether oxygens (including phenoxy) is 9. The van der Waals surface area contributed by atoms with Crippen LogP contribution in [0, 0.1) is 35.5 Å². The van der Waals surface area contributed by atoms with E-state index in [1.165, 1.54) is 27.9 Å². The van der Waals surface area contributed by atoms with Gasteiger partial charge in [-0.25, -0.2) is 0 Å². The van der Waals surface area contributed by atoms with E-state index in [9.17, 15) is 60.7 Å². The van der Waals surface area contributed by atoms with Crippen LogP contribution < -0.4 is 0 Å². The maximum atomic E-state index is 14.2. The number of methoxy groups -OCH3 is 1. The summed E-state index contributed by atoms with van der Waals surface area (Å²) in [7, 11) is 12.7. The third-order valence-corrected chi connectivity index (χ3v) is 21.7. The zero-order valence-corrected chi connectivity index (χ0v) is 61.2. The topological polar surface area (TPSA) is 332 Å². The summed E-state index contributed by atoms with van der Waals surface area (Å²) in [5.74, 6) is -5.24. The molecule has 0 aromatic rings. The lowest BCUT2D eigenvalue weighted by Gasteiger charge is -2.48. The number of esters is 2. The Morgan fingerprint density at radius 2 is 0.903 bits per heavy atom. The van der Waals surface area contributed by atoms with Gasteiger partial charge in [0.2, 0.25) is 0 Å². The smallest absolute Gasteiger partial charge is 0.311 e. The number of aliphatic hydroxyl groups is 10. The van der Waals surface area contributed by atoms with Crippen molar-refractivity contribution in [2.75, 3.05) is 62.5 Å². The molecule has 5 fully saturated rings. The summed E-state index contributed by atoms with van der Waals surface area (Å²) in [6, 6.07) is -1.54. The molecule has 5 aliphatic rings. The van der Waals surface area contributed by atoms with Gasteiger partial charge in [0.1, 0.15) is 53.9 Å². The van der Waals surface area contributed by atoms with Gasteiger partial charge in [-0.1, -0.05) is 41.5 Å². The summed E-state index contributed by atoms with van der Waals surface area (Å²) < 4.78 is 55.6. The fourth-order valence-electron chi connectivity index (χ4n) is 15.5. The maximum absolute atomic E-state index is 14.2. The van der Waals surface area contributed by atoms with E-state index < -0.39 is 168 Å². The number of hydrogen-bond acceptors (Lipinski definition) is 25. The predicted molar refractivity (Wildman–Crippen MR) is 349 cm³/mol. The molecule has 5 heterocycles. The Morgan fingerprint density at radius 1 is 0.527 bits per heavy atom. The molecule has 548 valence electrons. The Bertz CT molecular complexity index is 2290. The van der Waals surface area contributed by atoms with E-state index >= 15 is 0 Å². The van der Waals surface area contributed by atoms with Crippen molar-refractivity contribution in [3.63, 3.8) is 0 Å². The maximum Gasteiger partial charge on any atom is 0.311 e. The summed E-state index contributed by atoms with van der Waals surface area (Å²) in [4.78, 5) is 35.1. The number of cyclic esters (lactones) is 2. The van der Waals surface area contributed by atoms with Crippen LogP contribution in [0.25, 0.3) is 0 Å². The van der Waals surface area contributed by atoms with Gasteiger partial charge in [0.05, 0.1) is 71.4 Å². The lowest BCUT2D eigenvalue weighted by Crippen LogP contribution is -2.60. The standard InChI is InChI=1S/C38H72N2O12.C30H58N2O9/c1-15-27-38(10,46)31(42)24(6)40(13)19-20(2)17-36(8,45)33(52-35-29(41)26(39(11)12)16-21(3)48-35)22(4)30(23(5)34(44)50-27)51-28-18-37(9,47-14)32(43)25(7)49-28;1-12-22-30(8,38)25(35)20(6)32(11)15-16(2)14-29(7,37)26(18(4)23(33)19(5)27(36)40-22)41-28-24(34)21(31(9)10)13-17(3)39-28/h20-33,35,41-43,45-46H,15-19H2,1-14H3;16-26,28,33-35,37-38H,12-15H2,1-11H3/t20-,21-,22?,23-,24-,25+,26+,27-,28+,29-,30+,31-,32+,33-,35+,36-,37-,38-;16-,17-,18+,19-,20-,21+,22-,23+,24-,25-,26-,28+,29-,30-/m11/s1. The first-order chi connectivity index (χ1) is 42.7. The van der Waals surface area contributed by atoms with Crippen molar-refractivity contribution in [1.82, 2.24) is 19.6 Å². The summed E-state index contributed by atoms with van der Waals surface area (Å²) in [6.45, 7) is 32.3. The molecular weight excluding hydrogens is 1210 g/mol. The van der Waals surface area contributed by atoms with Crippen molar-refractivity contribution in [3.05, 3.63) is 0 Å². The predicted octanol–water partition coefficient (Wildman–Crippen LogP) is 2.88. The molecule has 5 aliphatic heterocycles. The Morgan fingerprint density at radius 3 is 1.27 bits per heavy atom. The van der Waals surface area contributed by atoms with Gasteiger partial charge in [-0.15, -0.1) is 0 Å². The van der Waals surface area contributed by atoms with Crippen LogP contribution in [0.1, 0.15) is 170 Å². The summed E-state index contributed by atoms with van der Waals surface area (Å²) in [5, 5.41) is 115. The highest BCUT2D eigenvalue weighted by Gasteiger charge is 2.55. The zero-order chi connectivity index (χ0) is 71.3. The quantitative estimate of drug-likeness (QED) is 0.133. The zero-order valence-electron chi connectivity index (χ0n) is 61.2. The van der Waals surface area contributed by atoms with Crippen LogP contribution in [0.2, 0.25) is 0 Å². The molecule has 0 aromatic heterocycles. The van der Waals surface area contributed by atoms with E-state index in [1.54, 1.807) is 69.2 Å². The molecule has 25 heteroatoms. The molecule has 0 amide bonds. The van der Waals surface area contributed by atoms with Gasteiger partial charge >= 0.3 is 11.9 Å². The monoisotopic (exact) mass is 1340 g/mol. The number of likely N-dealkylation sites (N-methyl/N-ethyl adjacent to an activating group) is 4. The molecule has 5 rings (SSSR count). The largest absolute Gasteiger partial charge is 0.459 e. The molecule has 0 aromatic carbocycles. The minimum atomic E-state index is -1.80. The highest BCUT2D eigenvalue weighted by molar-refractivity contribution is 5.73. The third kappa shape index (κ3) is 20.2. The van der Waals surface area contributed by atoms with Crippen LogP contribution in [0.15, 0.2) is 0 Å². The number of nitrogens with zero attached hydrogens (tertiary/aromatic N) is 4. The molecule has 5 saturated heterocycles. The Labute approximate surface area is 556 Å².